The number of ether oxygens (including phenoxy) is 3. The zero-order chi connectivity index (χ0) is 69.0. The average molecular weight is 1330 g/mol. The van der Waals surface area contributed by atoms with E-state index in [1.807, 2.05) is 0 Å². The number of imide groups is 1. The molecule has 8 amide bonds. The van der Waals surface area contributed by atoms with Gasteiger partial charge in [-0.2, -0.15) is 4.98 Å². The number of guanidine groups is 1. The number of hydrogen-bond donors (Lipinski definition) is 14. The molecule has 0 radical (unpaired) electrons. The molecular formula is C56H69N17O20S. The number of aromatic nitrogens is 4. The lowest BCUT2D eigenvalue weighted by atomic mass is 9.82. The van der Waals surface area contributed by atoms with Crippen molar-refractivity contribution in [3.8, 4) is 0 Å². The number of nitrogens with one attached hydrogen (secondary N) is 8. The molecule has 0 saturated carbocycles. The van der Waals surface area contributed by atoms with Crippen molar-refractivity contribution in [2.24, 2.45) is 17.4 Å². The van der Waals surface area contributed by atoms with Crippen molar-refractivity contribution in [2.75, 3.05) is 57.4 Å². The lowest BCUT2D eigenvalue weighted by Gasteiger charge is -2.40. The van der Waals surface area contributed by atoms with Gasteiger partial charge in [0, 0.05) is 67.6 Å². The van der Waals surface area contributed by atoms with E-state index < -0.39 is 174 Å². The van der Waals surface area contributed by atoms with E-state index in [2.05, 4.69) is 51.8 Å². The molecule has 37 nitrogen and oxygen atoms in total. The molecule has 2 fully saturated rings. The third-order valence-corrected chi connectivity index (χ3v) is 17.1. The first-order valence-electron chi connectivity index (χ1n) is 28.9. The van der Waals surface area contributed by atoms with Crippen LogP contribution in [0.2, 0.25) is 0 Å². The van der Waals surface area contributed by atoms with Crippen molar-refractivity contribution in [3.05, 3.63) is 74.7 Å². The van der Waals surface area contributed by atoms with Gasteiger partial charge in [-0.05, 0) is 63.8 Å². The standard InChI is InChI=1S/C56H69N17O20S/c1-24-42(79)41-39(43(80)44(24)91-3)29(21-93-55(60)90)56(92-4)25(2)72(23-73(41)56)36(75)8-6-16-71-37(76)18-34(50(71)85)94-22-33(52(88)89)68-48(83)32(17-38(77)78)67-47(82)30(7-5-15-61-53(57)58)65-35(74)14-13-31(51(86)87)66-46(81)26-9-11-27(12-10-26)62-19-28-20-63-45-40(64-28)49(84)70-54(59)69-45/h9-12,20,25,29-34,62H,5-8,13-19,21-23H2,1-4H3,(H2,60,90)(H,65,74)(H,66,81)(H,67,82)(H,68,83)(H,77,78)(H,86,87)(H,88,89)(H4,57,58,61)(H3,59,63,69,70,84)/t25-,29+,30-,31-,32-,33-,34?,56-/m1/s1. The third kappa shape index (κ3) is 16.1. The third-order valence-electron chi connectivity index (χ3n) is 15.8. The number of rotatable bonds is 32. The molecule has 0 bridgehead atoms. The van der Waals surface area contributed by atoms with E-state index in [0.29, 0.717) is 23.1 Å². The second kappa shape index (κ2) is 30.6. The number of H-pyrrole nitrogens is 1. The molecule has 1 aromatic carbocycles. The van der Waals surface area contributed by atoms with Crippen LogP contribution in [0.4, 0.5) is 16.4 Å². The first-order valence-corrected chi connectivity index (χ1v) is 30.0. The van der Waals surface area contributed by atoms with E-state index in [4.69, 9.17) is 36.8 Å². The number of carboxylic acids is 3. The first-order chi connectivity index (χ1) is 44.5. The van der Waals surface area contributed by atoms with E-state index in [-0.39, 0.29) is 97.3 Å². The maximum Gasteiger partial charge on any atom is 0.404 e. The molecule has 504 valence electrons. The second-order valence-corrected chi connectivity index (χ2v) is 23.1. The van der Waals surface area contributed by atoms with Crippen LogP contribution >= 0.6 is 11.8 Å². The van der Waals surface area contributed by atoms with Gasteiger partial charge in [-0.25, -0.2) is 24.4 Å². The molecule has 38 heteroatoms. The molecule has 3 aromatic rings. The number of carbonyl (C=O) groups is 13. The van der Waals surface area contributed by atoms with Crippen molar-refractivity contribution in [1.29, 1.82) is 5.41 Å². The summed E-state index contributed by atoms with van der Waals surface area (Å²) >= 11 is 0.677. The smallest absolute Gasteiger partial charge is 0.404 e. The number of allylic oxidation sites excluding steroid dienone is 2. The van der Waals surface area contributed by atoms with E-state index in [1.165, 1.54) is 61.4 Å². The number of anilines is 2. The highest BCUT2D eigenvalue weighted by Crippen LogP contribution is 2.53. The first kappa shape index (κ1) is 70.7. The number of ketones is 2. The molecule has 94 heavy (non-hydrogen) atoms. The number of likely N-dealkylation sites (tertiary alicyclic amines) is 1. The number of benzene rings is 1. The van der Waals surface area contributed by atoms with Crippen molar-refractivity contribution >= 4 is 117 Å². The van der Waals surface area contributed by atoms with Crippen LogP contribution in [0.15, 0.2) is 57.9 Å². The van der Waals surface area contributed by atoms with Gasteiger partial charge in [-0.1, -0.05) is 0 Å². The Labute approximate surface area is 536 Å². The summed E-state index contributed by atoms with van der Waals surface area (Å²) in [6.07, 6.45) is -2.99. The number of amides is 8. The lowest BCUT2D eigenvalue weighted by Crippen LogP contribution is -2.56. The molecule has 5 heterocycles. The summed E-state index contributed by atoms with van der Waals surface area (Å²) in [5, 5.41) is 50.8. The zero-order valence-corrected chi connectivity index (χ0v) is 51.7. The molecule has 3 aliphatic heterocycles. The van der Waals surface area contributed by atoms with Crippen molar-refractivity contribution in [1.82, 2.24) is 61.2 Å². The molecule has 17 N–H and O–H groups in total. The Morgan fingerprint density at radius 1 is 0.862 bits per heavy atom. The number of hydrogen-bond acceptors (Lipinski definition) is 25. The van der Waals surface area contributed by atoms with Gasteiger partial charge in [0.05, 0.1) is 61.5 Å². The van der Waals surface area contributed by atoms with Crippen molar-refractivity contribution in [3.63, 3.8) is 0 Å². The van der Waals surface area contributed by atoms with Gasteiger partial charge in [0.2, 0.25) is 53.0 Å². The van der Waals surface area contributed by atoms with Crippen LogP contribution in [0, 0.1) is 11.3 Å². The minimum Gasteiger partial charge on any atom is -0.492 e. The Balaban J connectivity index is 0.911. The summed E-state index contributed by atoms with van der Waals surface area (Å²) in [5.74, 6) is -14.7. The maximum atomic E-state index is 14.0. The minimum atomic E-state index is -1.99. The molecule has 7 rings (SSSR count). The number of nitrogens with two attached hydrogens (primary N) is 3. The zero-order valence-electron chi connectivity index (χ0n) is 50.9. The second-order valence-electron chi connectivity index (χ2n) is 21.8. The van der Waals surface area contributed by atoms with Gasteiger partial charge in [0.1, 0.15) is 30.8 Å². The van der Waals surface area contributed by atoms with Crippen LogP contribution in [-0.2, 0) is 73.5 Å². The number of fused-ring (bicyclic) bond motifs is 3. The molecular weight excluding hydrogens is 1260 g/mol. The largest absolute Gasteiger partial charge is 0.492 e. The SMILES string of the molecule is COC1=C(C)C(=O)C2=C(C1=O)[C@H](COC(N)=O)[C@]1(OC)[C@@H](C)N(C(=O)CCCN3C(=O)CC(SC[C@@H](NC(=O)[C@@H](CC(=O)O)NC(=O)[C@@H](CCCNC(=N)N)NC(=O)CC[C@@H](NC(=O)c4ccc(NCc5cnc6nc(N)[nH]c(=O)c6n5)cc4)C(=O)O)C(=O)O)C3=O)CN21. The number of aromatic amines is 1. The number of carbonyl (C=O) groups excluding carboxylic acids is 10. The van der Waals surface area contributed by atoms with Gasteiger partial charge in [-0.3, -0.25) is 68.0 Å². The van der Waals surface area contributed by atoms with Crippen LogP contribution in [0.25, 0.3) is 11.2 Å². The maximum absolute atomic E-state index is 14.0. The van der Waals surface area contributed by atoms with Crippen LogP contribution in [0.3, 0.4) is 0 Å². The number of nitrogen functional groups attached to an aromatic ring is 1. The number of nitrogens with zero attached hydrogens (tertiary/aromatic N) is 6. The van der Waals surface area contributed by atoms with E-state index in [9.17, 15) is 82.4 Å². The fraction of sp³-hybridized carbons (Fsp3) is 0.464. The topological polar surface area (TPSA) is 566 Å². The minimum absolute atomic E-state index is 0.00582. The predicted molar refractivity (Wildman–Crippen MR) is 324 cm³/mol. The van der Waals surface area contributed by atoms with Gasteiger partial charge >= 0.3 is 24.0 Å². The monoisotopic (exact) mass is 1330 g/mol. The van der Waals surface area contributed by atoms with Crippen LogP contribution in [0.1, 0.15) is 81.3 Å². The van der Waals surface area contributed by atoms with Crippen LogP contribution < -0.4 is 54.7 Å². The normalized spacial score (nSPS) is 19.6. The summed E-state index contributed by atoms with van der Waals surface area (Å²) in [4.78, 5) is 202. The summed E-state index contributed by atoms with van der Waals surface area (Å²) in [7, 11) is 2.52. The fourth-order valence-corrected chi connectivity index (χ4v) is 12.4. The van der Waals surface area contributed by atoms with Crippen LogP contribution in [-0.4, -0.2) is 220 Å². The van der Waals surface area contributed by atoms with E-state index >= 15 is 0 Å². The number of methoxy groups -OCH3 is 2. The number of thioether (sulfide) groups is 1. The number of primary amides is 1. The molecule has 4 aliphatic rings. The molecule has 1 unspecified atom stereocenters. The average Bonchev–Trinajstić information content (AvgIpc) is 1.52. The molecule has 2 aromatic heterocycles. The molecule has 2 saturated heterocycles. The molecule has 8 atom stereocenters. The Morgan fingerprint density at radius 2 is 1.54 bits per heavy atom. The highest BCUT2D eigenvalue weighted by atomic mass is 32.2. The summed E-state index contributed by atoms with van der Waals surface area (Å²) < 4.78 is 16.4. The van der Waals surface area contributed by atoms with Crippen molar-refractivity contribution in [2.45, 2.75) is 113 Å². The Kier molecular flexibility index (Phi) is 23.0. The number of aliphatic carboxylic acids is 3. The quantitative estimate of drug-likeness (QED) is 0.00956. The summed E-state index contributed by atoms with van der Waals surface area (Å²) in [6.45, 7) is 2.03. The predicted octanol–water partition coefficient (Wildman–Crippen LogP) is -3.33. The summed E-state index contributed by atoms with van der Waals surface area (Å²) in [6, 6.07) is -2.19. The molecule has 1 aliphatic carbocycles. The Morgan fingerprint density at radius 3 is 2.18 bits per heavy atom. The highest BCUT2D eigenvalue weighted by molar-refractivity contribution is 8.00. The van der Waals surface area contributed by atoms with Gasteiger partial charge in [0.25, 0.3) is 11.5 Å². The molecule has 0 spiro atoms. The van der Waals surface area contributed by atoms with Crippen molar-refractivity contribution < 1.29 is 91.9 Å². The number of carboxylic acid groups (broad SMARTS) is 3. The van der Waals surface area contributed by atoms with Gasteiger partial charge < -0.3 is 88.4 Å². The Hall–Kier alpha value is -10.8. The van der Waals surface area contributed by atoms with E-state index in [1.54, 1.807) is 6.92 Å². The summed E-state index contributed by atoms with van der Waals surface area (Å²) in [5.41, 5.74) is 14.8. The number of Topliss-reactive ketones (excluding diaryl/α,β-unsaturated/α-hetero) is 2. The Bertz CT molecular complexity index is 3710. The highest BCUT2D eigenvalue weighted by Gasteiger charge is 2.67. The van der Waals surface area contributed by atoms with Crippen LogP contribution in [0.5, 0.6) is 0 Å². The van der Waals surface area contributed by atoms with Gasteiger partial charge in [0.15, 0.2) is 28.6 Å². The van der Waals surface area contributed by atoms with E-state index in [0.717, 1.165) is 4.90 Å². The lowest BCUT2D eigenvalue weighted by molar-refractivity contribution is -0.147. The van der Waals surface area contributed by atoms with Gasteiger partial charge in [-0.15, -0.1) is 11.8 Å². The fourth-order valence-electron chi connectivity index (χ4n) is 11.2.